The number of nitrogens with two attached hydrogens (primary N) is 1. The van der Waals surface area contributed by atoms with E-state index in [0.717, 1.165) is 13.0 Å². The second kappa shape index (κ2) is 6.56. The van der Waals surface area contributed by atoms with Crippen molar-refractivity contribution < 1.29 is 8.42 Å². The number of nitrogen functional groups attached to an aromatic ring is 1. The first-order valence-electron chi connectivity index (χ1n) is 5.91. The summed E-state index contributed by atoms with van der Waals surface area (Å²) in [6.45, 7) is 1.26. The van der Waals surface area contributed by atoms with Crippen LogP contribution in [0.4, 0.5) is 5.69 Å². The summed E-state index contributed by atoms with van der Waals surface area (Å²) < 4.78 is 26.0. The van der Waals surface area contributed by atoms with Crippen LogP contribution in [-0.2, 0) is 10.0 Å². The molecule has 0 saturated heterocycles. The van der Waals surface area contributed by atoms with Crippen molar-refractivity contribution in [2.75, 3.05) is 40.0 Å². The Kier molecular flexibility index (Phi) is 5.61. The molecule has 0 bridgehead atoms. The minimum absolute atomic E-state index is 0.0570. The van der Waals surface area contributed by atoms with Crippen LogP contribution in [0.25, 0.3) is 0 Å². The van der Waals surface area contributed by atoms with Gasteiger partial charge in [-0.3, -0.25) is 0 Å². The van der Waals surface area contributed by atoms with Crippen molar-refractivity contribution >= 4 is 27.3 Å². The zero-order valence-electron chi connectivity index (χ0n) is 11.4. The van der Waals surface area contributed by atoms with Gasteiger partial charge in [0.25, 0.3) is 0 Å². The number of hydrogen-bond acceptors (Lipinski definition) is 4. The van der Waals surface area contributed by atoms with Crippen LogP contribution >= 0.6 is 11.6 Å². The average Bonchev–Trinajstić information content (AvgIpc) is 2.31. The van der Waals surface area contributed by atoms with Crippen LogP contribution in [0.3, 0.4) is 0 Å². The lowest BCUT2D eigenvalue weighted by molar-refractivity contribution is 0.370. The summed E-state index contributed by atoms with van der Waals surface area (Å²) in [4.78, 5) is 2.06. The van der Waals surface area contributed by atoms with Gasteiger partial charge in [-0.2, -0.15) is 0 Å². The first-order valence-corrected chi connectivity index (χ1v) is 7.73. The first-order chi connectivity index (χ1) is 8.75. The molecule has 0 atom stereocenters. The topological polar surface area (TPSA) is 66.6 Å². The smallest absolute Gasteiger partial charge is 0.244 e. The van der Waals surface area contributed by atoms with Crippen LogP contribution < -0.4 is 5.73 Å². The Morgan fingerprint density at radius 3 is 2.42 bits per heavy atom. The third-order valence-electron chi connectivity index (χ3n) is 2.72. The minimum atomic E-state index is -3.59. The normalized spacial score (nSPS) is 12.3. The van der Waals surface area contributed by atoms with Crippen molar-refractivity contribution in [2.45, 2.75) is 11.3 Å². The van der Waals surface area contributed by atoms with E-state index in [0.29, 0.717) is 12.2 Å². The summed E-state index contributed by atoms with van der Waals surface area (Å²) in [5.74, 6) is 0. The highest BCUT2D eigenvalue weighted by Gasteiger charge is 2.23. The quantitative estimate of drug-likeness (QED) is 0.809. The Bertz CT molecular complexity index is 532. The summed E-state index contributed by atoms with van der Waals surface area (Å²) in [6.07, 6.45) is 0.753. The Labute approximate surface area is 120 Å². The largest absolute Gasteiger partial charge is 0.399 e. The van der Waals surface area contributed by atoms with Gasteiger partial charge >= 0.3 is 0 Å². The van der Waals surface area contributed by atoms with Crippen LogP contribution in [0.15, 0.2) is 23.1 Å². The molecular formula is C12H20ClN3O2S. The molecule has 1 aromatic rings. The van der Waals surface area contributed by atoms with E-state index in [1.165, 1.54) is 16.4 Å². The van der Waals surface area contributed by atoms with Crippen molar-refractivity contribution in [1.82, 2.24) is 9.21 Å². The molecule has 0 fully saturated rings. The van der Waals surface area contributed by atoms with Gasteiger partial charge in [-0.25, -0.2) is 12.7 Å². The van der Waals surface area contributed by atoms with E-state index in [1.807, 2.05) is 19.0 Å². The molecule has 0 amide bonds. The molecule has 0 spiro atoms. The van der Waals surface area contributed by atoms with Crippen LogP contribution in [0.1, 0.15) is 6.42 Å². The molecule has 19 heavy (non-hydrogen) atoms. The Hall–Kier alpha value is -0.820. The molecule has 0 radical (unpaired) electrons. The second-order valence-electron chi connectivity index (χ2n) is 4.67. The van der Waals surface area contributed by atoms with Crippen LogP contribution in [0, 0.1) is 0 Å². The number of sulfonamides is 1. The number of rotatable bonds is 6. The zero-order chi connectivity index (χ0) is 14.6. The van der Waals surface area contributed by atoms with Crippen molar-refractivity contribution in [3.05, 3.63) is 23.2 Å². The molecule has 2 N–H and O–H groups in total. The van der Waals surface area contributed by atoms with Crippen molar-refractivity contribution in [3.63, 3.8) is 0 Å². The number of anilines is 1. The highest BCUT2D eigenvalue weighted by Crippen LogP contribution is 2.26. The molecule has 0 aromatic heterocycles. The lowest BCUT2D eigenvalue weighted by atomic mass is 10.3. The first kappa shape index (κ1) is 16.2. The van der Waals surface area contributed by atoms with E-state index in [4.69, 9.17) is 17.3 Å². The molecule has 0 aliphatic heterocycles. The van der Waals surface area contributed by atoms with Gasteiger partial charge in [0.05, 0.1) is 5.02 Å². The van der Waals surface area contributed by atoms with E-state index < -0.39 is 10.0 Å². The van der Waals surface area contributed by atoms with Crippen LogP contribution in [0.2, 0.25) is 5.02 Å². The fraction of sp³-hybridized carbons (Fsp3) is 0.500. The molecule has 0 aliphatic rings. The van der Waals surface area contributed by atoms with E-state index in [2.05, 4.69) is 0 Å². The number of nitrogens with zero attached hydrogens (tertiary/aromatic N) is 2. The summed E-state index contributed by atoms with van der Waals surface area (Å²) in [5, 5.41) is 0.189. The average molecular weight is 306 g/mol. The molecule has 1 aromatic carbocycles. The molecule has 5 nitrogen and oxygen atoms in total. The van der Waals surface area contributed by atoms with E-state index >= 15 is 0 Å². The standard InChI is InChI=1S/C12H20ClN3O2S/c1-15(2)7-4-8-16(3)19(17,18)12-9-10(14)5-6-11(12)13/h5-6,9H,4,7-8,14H2,1-3H3. The van der Waals surface area contributed by atoms with Gasteiger partial charge in [0.15, 0.2) is 0 Å². The molecule has 7 heteroatoms. The summed E-state index contributed by atoms with van der Waals surface area (Å²) in [5.41, 5.74) is 6.00. The predicted octanol–water partition coefficient (Wildman–Crippen LogP) is 1.49. The van der Waals surface area contributed by atoms with E-state index in [1.54, 1.807) is 13.1 Å². The Morgan fingerprint density at radius 1 is 1.21 bits per heavy atom. The molecule has 108 valence electrons. The maximum absolute atomic E-state index is 12.4. The fourth-order valence-corrected chi connectivity index (χ4v) is 3.33. The third-order valence-corrected chi connectivity index (χ3v) is 5.06. The van der Waals surface area contributed by atoms with Gasteiger partial charge in [-0.1, -0.05) is 11.6 Å². The zero-order valence-corrected chi connectivity index (χ0v) is 13.0. The van der Waals surface area contributed by atoms with Gasteiger partial charge in [0.2, 0.25) is 10.0 Å². The molecule has 0 aliphatic carbocycles. The lowest BCUT2D eigenvalue weighted by Gasteiger charge is -2.19. The third kappa shape index (κ3) is 4.35. The Morgan fingerprint density at radius 2 is 1.84 bits per heavy atom. The lowest BCUT2D eigenvalue weighted by Crippen LogP contribution is -2.30. The number of halogens is 1. The van der Waals surface area contributed by atoms with Gasteiger partial charge in [-0.05, 0) is 45.3 Å². The number of hydrogen-bond donors (Lipinski definition) is 1. The maximum atomic E-state index is 12.4. The molecule has 0 unspecified atom stereocenters. The number of benzene rings is 1. The summed E-state index contributed by atoms with van der Waals surface area (Å²) in [6, 6.07) is 4.46. The van der Waals surface area contributed by atoms with Crippen molar-refractivity contribution in [1.29, 1.82) is 0 Å². The predicted molar refractivity (Wildman–Crippen MR) is 78.9 cm³/mol. The van der Waals surface area contributed by atoms with Crippen LogP contribution in [0.5, 0.6) is 0 Å². The highest BCUT2D eigenvalue weighted by molar-refractivity contribution is 7.89. The van der Waals surface area contributed by atoms with E-state index in [9.17, 15) is 8.42 Å². The SMILES string of the molecule is CN(C)CCCN(C)S(=O)(=O)c1cc(N)ccc1Cl. The van der Waals surface area contributed by atoms with Gasteiger partial charge in [-0.15, -0.1) is 0 Å². The maximum Gasteiger partial charge on any atom is 0.244 e. The Balaban J connectivity index is 2.88. The van der Waals surface area contributed by atoms with E-state index in [-0.39, 0.29) is 9.92 Å². The van der Waals surface area contributed by atoms with Gasteiger partial charge in [0.1, 0.15) is 4.90 Å². The molecule has 0 saturated carbocycles. The minimum Gasteiger partial charge on any atom is -0.399 e. The second-order valence-corrected chi connectivity index (χ2v) is 7.09. The summed E-state index contributed by atoms with van der Waals surface area (Å²) in [7, 11) is 1.85. The van der Waals surface area contributed by atoms with Crippen molar-refractivity contribution in [2.24, 2.45) is 0 Å². The van der Waals surface area contributed by atoms with Crippen LogP contribution in [-0.4, -0.2) is 51.9 Å². The molecule has 1 rings (SSSR count). The molecular weight excluding hydrogens is 286 g/mol. The molecule has 0 heterocycles. The summed E-state index contributed by atoms with van der Waals surface area (Å²) >= 11 is 5.94. The van der Waals surface area contributed by atoms with Gasteiger partial charge in [0, 0.05) is 19.3 Å². The monoisotopic (exact) mass is 305 g/mol. The van der Waals surface area contributed by atoms with Gasteiger partial charge < -0.3 is 10.6 Å². The fourth-order valence-electron chi connectivity index (χ4n) is 1.62. The highest BCUT2D eigenvalue weighted by atomic mass is 35.5. The van der Waals surface area contributed by atoms with Crippen molar-refractivity contribution in [3.8, 4) is 0 Å².